The van der Waals surface area contributed by atoms with Crippen molar-refractivity contribution in [2.45, 2.75) is 4.90 Å². The Morgan fingerprint density at radius 1 is 1.04 bits per heavy atom. The maximum atomic E-state index is 12.0. The third kappa shape index (κ3) is 6.21. The highest BCUT2D eigenvalue weighted by Crippen LogP contribution is 2.16. The fraction of sp³-hybridized carbons (Fsp3) is 0.235. The van der Waals surface area contributed by atoms with Crippen molar-refractivity contribution in [2.24, 2.45) is 0 Å². The lowest BCUT2D eigenvalue weighted by atomic mass is 10.3. The first kappa shape index (κ1) is 20.0. The lowest BCUT2D eigenvalue weighted by Crippen LogP contribution is -2.38. The highest BCUT2D eigenvalue weighted by molar-refractivity contribution is 7.89. The smallest absolute Gasteiger partial charge is 0.241 e. The third-order valence-electron chi connectivity index (χ3n) is 3.30. The van der Waals surface area contributed by atoms with Gasteiger partial charge < -0.3 is 14.8 Å². The van der Waals surface area contributed by atoms with Crippen molar-refractivity contribution in [1.82, 2.24) is 10.0 Å². The van der Waals surface area contributed by atoms with Crippen molar-refractivity contribution in [2.75, 3.05) is 26.8 Å². The number of halogens is 1. The molecule has 2 N–H and O–H groups in total. The molecule has 0 spiro atoms. The Balaban J connectivity index is 1.70. The van der Waals surface area contributed by atoms with Crippen LogP contribution in [0.5, 0.6) is 11.5 Å². The van der Waals surface area contributed by atoms with E-state index in [0.29, 0.717) is 10.8 Å². The zero-order valence-corrected chi connectivity index (χ0v) is 15.6. The van der Waals surface area contributed by atoms with E-state index in [9.17, 15) is 13.2 Å². The van der Waals surface area contributed by atoms with Crippen LogP contribution < -0.4 is 19.5 Å². The lowest BCUT2D eigenvalue weighted by molar-refractivity contribution is -0.120. The largest absolute Gasteiger partial charge is 0.497 e. The van der Waals surface area contributed by atoms with E-state index in [1.807, 2.05) is 0 Å². The predicted octanol–water partition coefficient (Wildman–Crippen LogP) is 1.82. The number of carbonyl (C=O) groups excluding carboxylic acids is 1. The fourth-order valence-electron chi connectivity index (χ4n) is 1.95. The van der Waals surface area contributed by atoms with Crippen LogP contribution in [0.1, 0.15) is 0 Å². The van der Waals surface area contributed by atoms with Crippen molar-refractivity contribution >= 4 is 27.5 Å². The average Bonchev–Trinajstić information content (AvgIpc) is 2.64. The van der Waals surface area contributed by atoms with Crippen LogP contribution in [0.2, 0.25) is 5.02 Å². The molecule has 0 atom stereocenters. The number of methoxy groups -OCH3 is 1. The van der Waals surface area contributed by atoms with Gasteiger partial charge in [-0.3, -0.25) is 4.79 Å². The normalized spacial score (nSPS) is 11.0. The molecule has 0 saturated heterocycles. The molecule has 26 heavy (non-hydrogen) atoms. The van der Waals surface area contributed by atoms with E-state index in [1.165, 1.54) is 24.3 Å². The number of amides is 1. The van der Waals surface area contributed by atoms with Gasteiger partial charge in [-0.15, -0.1) is 0 Å². The van der Waals surface area contributed by atoms with Gasteiger partial charge in [-0.1, -0.05) is 11.6 Å². The summed E-state index contributed by atoms with van der Waals surface area (Å²) in [5.74, 6) is 0.906. The van der Waals surface area contributed by atoms with E-state index in [0.717, 1.165) is 5.75 Å². The van der Waals surface area contributed by atoms with Crippen LogP contribution in [0, 0.1) is 0 Å². The quantitative estimate of drug-likeness (QED) is 0.628. The van der Waals surface area contributed by atoms with Gasteiger partial charge in [-0.25, -0.2) is 13.1 Å². The summed E-state index contributed by atoms with van der Waals surface area (Å²) in [5, 5.41) is 3.00. The lowest BCUT2D eigenvalue weighted by Gasteiger charge is -2.09. The van der Waals surface area contributed by atoms with Gasteiger partial charge in [0.15, 0.2) is 0 Å². The van der Waals surface area contributed by atoms with Gasteiger partial charge in [0.25, 0.3) is 0 Å². The molecule has 140 valence electrons. The Morgan fingerprint density at radius 3 is 2.27 bits per heavy atom. The van der Waals surface area contributed by atoms with Gasteiger partial charge >= 0.3 is 0 Å². The molecule has 0 heterocycles. The minimum absolute atomic E-state index is 0.0394. The molecule has 2 aromatic carbocycles. The van der Waals surface area contributed by atoms with Crippen LogP contribution in [-0.4, -0.2) is 41.1 Å². The molecule has 0 aromatic heterocycles. The van der Waals surface area contributed by atoms with Gasteiger partial charge in [0, 0.05) is 5.02 Å². The van der Waals surface area contributed by atoms with Crippen molar-refractivity contribution in [3.05, 3.63) is 53.6 Å². The Kier molecular flexibility index (Phi) is 7.26. The van der Waals surface area contributed by atoms with Gasteiger partial charge in [0.2, 0.25) is 15.9 Å². The Bertz CT molecular complexity index is 823. The third-order valence-corrected chi connectivity index (χ3v) is 4.97. The summed E-state index contributed by atoms with van der Waals surface area (Å²) in [6.45, 7) is 0.128. The van der Waals surface area contributed by atoms with Crippen LogP contribution >= 0.6 is 11.6 Å². The van der Waals surface area contributed by atoms with Crippen molar-refractivity contribution < 1.29 is 22.7 Å². The molecule has 0 fully saturated rings. The zero-order chi connectivity index (χ0) is 19.0. The van der Waals surface area contributed by atoms with E-state index in [4.69, 9.17) is 21.1 Å². The van der Waals surface area contributed by atoms with E-state index in [2.05, 4.69) is 10.0 Å². The predicted molar refractivity (Wildman–Crippen MR) is 98.1 cm³/mol. The number of benzene rings is 2. The number of nitrogens with one attached hydrogen (secondary N) is 2. The van der Waals surface area contributed by atoms with Gasteiger partial charge in [0.1, 0.15) is 18.1 Å². The molecule has 9 heteroatoms. The molecule has 1 amide bonds. The van der Waals surface area contributed by atoms with Crippen LogP contribution in [0.25, 0.3) is 0 Å². The summed E-state index contributed by atoms with van der Waals surface area (Å²) in [7, 11) is -2.19. The number of ether oxygens (including phenoxy) is 2. The molecule has 0 bridgehead atoms. The van der Waals surface area contributed by atoms with Crippen LogP contribution in [0.4, 0.5) is 0 Å². The molecule has 2 rings (SSSR count). The highest BCUT2D eigenvalue weighted by Gasteiger charge is 2.15. The standard InChI is InChI=1S/C17H19ClN2O5S/c1-24-14-4-6-15(7-5-14)25-11-10-19-17(21)12-20-26(22,23)16-8-2-13(18)3-9-16/h2-9,20H,10-12H2,1H3,(H,19,21). The Labute approximate surface area is 157 Å². The highest BCUT2D eigenvalue weighted by atomic mass is 35.5. The Hall–Kier alpha value is -2.29. The van der Waals surface area contributed by atoms with E-state index in [-0.39, 0.29) is 24.6 Å². The van der Waals surface area contributed by atoms with Crippen LogP contribution in [0.15, 0.2) is 53.4 Å². The van der Waals surface area contributed by atoms with Crippen LogP contribution in [-0.2, 0) is 14.8 Å². The topological polar surface area (TPSA) is 93.7 Å². The van der Waals surface area contributed by atoms with Gasteiger partial charge in [-0.05, 0) is 48.5 Å². The van der Waals surface area contributed by atoms with E-state index < -0.39 is 15.9 Å². The number of carbonyl (C=O) groups is 1. The molecular weight excluding hydrogens is 380 g/mol. The summed E-state index contributed by atoms with van der Waals surface area (Å²) in [6, 6.07) is 12.7. The molecule has 0 aliphatic rings. The molecule has 2 aromatic rings. The maximum Gasteiger partial charge on any atom is 0.241 e. The van der Waals surface area contributed by atoms with Crippen LogP contribution in [0.3, 0.4) is 0 Å². The minimum Gasteiger partial charge on any atom is -0.497 e. The van der Waals surface area contributed by atoms with Gasteiger partial charge in [-0.2, -0.15) is 0 Å². The molecule has 0 unspecified atom stereocenters. The Morgan fingerprint density at radius 2 is 1.65 bits per heavy atom. The molecule has 0 radical (unpaired) electrons. The molecule has 0 aliphatic heterocycles. The summed E-state index contributed by atoms with van der Waals surface area (Å²) in [4.78, 5) is 11.8. The summed E-state index contributed by atoms with van der Waals surface area (Å²) in [6.07, 6.45) is 0. The average molecular weight is 399 g/mol. The summed E-state index contributed by atoms with van der Waals surface area (Å²) >= 11 is 5.72. The van der Waals surface area contributed by atoms with E-state index >= 15 is 0 Å². The fourth-order valence-corrected chi connectivity index (χ4v) is 3.06. The second-order valence-electron chi connectivity index (χ2n) is 5.15. The second kappa shape index (κ2) is 9.42. The summed E-state index contributed by atoms with van der Waals surface area (Å²) in [5.41, 5.74) is 0. The first-order valence-electron chi connectivity index (χ1n) is 7.69. The molecular formula is C17H19ClN2O5S. The number of hydrogen-bond acceptors (Lipinski definition) is 5. The minimum atomic E-state index is -3.76. The molecule has 0 saturated carbocycles. The second-order valence-corrected chi connectivity index (χ2v) is 7.36. The monoisotopic (exact) mass is 398 g/mol. The number of rotatable bonds is 9. The van der Waals surface area contributed by atoms with Gasteiger partial charge in [0.05, 0.1) is 25.1 Å². The first-order valence-corrected chi connectivity index (χ1v) is 9.55. The van der Waals surface area contributed by atoms with Crippen molar-refractivity contribution in [3.63, 3.8) is 0 Å². The van der Waals surface area contributed by atoms with Crippen molar-refractivity contribution in [3.8, 4) is 11.5 Å². The van der Waals surface area contributed by atoms with Crippen molar-refractivity contribution in [1.29, 1.82) is 0 Å². The molecule has 7 nitrogen and oxygen atoms in total. The molecule has 0 aliphatic carbocycles. The maximum absolute atomic E-state index is 12.0. The number of hydrogen-bond donors (Lipinski definition) is 2. The SMILES string of the molecule is COc1ccc(OCCNC(=O)CNS(=O)(=O)c2ccc(Cl)cc2)cc1. The summed E-state index contributed by atoms with van der Waals surface area (Å²) < 4.78 is 36.8. The van der Waals surface area contributed by atoms with E-state index in [1.54, 1.807) is 31.4 Å². The number of sulfonamides is 1. The zero-order valence-electron chi connectivity index (χ0n) is 14.1. The first-order chi connectivity index (χ1) is 12.4.